The number of sulfone groups is 2. The molecule has 0 fully saturated rings. The van der Waals surface area contributed by atoms with Gasteiger partial charge in [0.15, 0.2) is 24.5 Å². The number of thiazole rings is 1. The first kappa shape index (κ1) is 23.8. The maximum Gasteiger partial charge on any atom is 0.326 e. The standard InChI is InChI=1S/C20H20N2O7S3/c1-4-29-18(23)12-22-16-9-8-15(32(3,27)28)11-17(16)30-20(22)21-19(24)13-6-5-7-14(10-13)31(2,25)26/h5-11H,4,12H2,1-3H3. The molecule has 1 heterocycles. The first-order valence-corrected chi connectivity index (χ1v) is 13.9. The number of benzene rings is 2. The third-order valence-corrected chi connectivity index (χ3v) is 7.64. The van der Waals surface area contributed by atoms with E-state index < -0.39 is 31.6 Å². The van der Waals surface area contributed by atoms with Crippen LogP contribution in [0.4, 0.5) is 0 Å². The summed E-state index contributed by atoms with van der Waals surface area (Å²) in [7, 11) is -6.98. The molecule has 1 amide bonds. The Labute approximate surface area is 188 Å². The maximum absolute atomic E-state index is 12.8. The summed E-state index contributed by atoms with van der Waals surface area (Å²) in [5.74, 6) is -1.25. The fourth-order valence-electron chi connectivity index (χ4n) is 2.87. The second kappa shape index (κ2) is 8.96. The Hall–Kier alpha value is -2.83. The summed E-state index contributed by atoms with van der Waals surface area (Å²) >= 11 is 1.03. The minimum Gasteiger partial charge on any atom is -0.465 e. The zero-order chi connectivity index (χ0) is 23.7. The van der Waals surface area contributed by atoms with E-state index in [4.69, 9.17) is 4.74 Å². The molecule has 0 bridgehead atoms. The Bertz CT molecular complexity index is 1500. The average molecular weight is 497 g/mol. The van der Waals surface area contributed by atoms with Gasteiger partial charge < -0.3 is 9.30 Å². The van der Waals surface area contributed by atoms with Gasteiger partial charge in [-0.05, 0) is 43.3 Å². The van der Waals surface area contributed by atoms with Crippen molar-refractivity contribution in [2.24, 2.45) is 4.99 Å². The number of rotatable bonds is 6. The van der Waals surface area contributed by atoms with Gasteiger partial charge in [-0.1, -0.05) is 17.4 Å². The molecule has 0 N–H and O–H groups in total. The Kier molecular flexibility index (Phi) is 6.67. The fourth-order valence-corrected chi connectivity index (χ4v) is 5.32. The van der Waals surface area contributed by atoms with Crippen molar-refractivity contribution in [3.05, 3.63) is 52.8 Å². The molecule has 0 aliphatic carbocycles. The topological polar surface area (TPSA) is 129 Å². The van der Waals surface area contributed by atoms with E-state index in [0.717, 1.165) is 23.8 Å². The number of nitrogens with zero attached hydrogens (tertiary/aromatic N) is 2. The SMILES string of the molecule is CCOC(=O)Cn1c(=NC(=O)c2cccc(S(C)(=O)=O)c2)sc2cc(S(C)(=O)=O)ccc21. The monoisotopic (exact) mass is 496 g/mol. The Morgan fingerprint density at radius 2 is 1.66 bits per heavy atom. The van der Waals surface area contributed by atoms with Crippen molar-refractivity contribution < 1.29 is 31.2 Å². The van der Waals surface area contributed by atoms with Gasteiger partial charge in [0.25, 0.3) is 5.91 Å². The summed E-state index contributed by atoms with van der Waals surface area (Å²) in [6, 6.07) is 9.87. The summed E-state index contributed by atoms with van der Waals surface area (Å²) in [5, 5.41) is 0. The van der Waals surface area contributed by atoms with Crippen molar-refractivity contribution in [1.82, 2.24) is 4.57 Å². The molecule has 170 valence electrons. The normalized spacial score (nSPS) is 12.8. The summed E-state index contributed by atoms with van der Waals surface area (Å²) in [6.07, 6.45) is 2.12. The van der Waals surface area contributed by atoms with E-state index in [9.17, 15) is 26.4 Å². The van der Waals surface area contributed by atoms with Crippen LogP contribution in [0.5, 0.6) is 0 Å². The maximum atomic E-state index is 12.8. The minimum atomic E-state index is -3.52. The van der Waals surface area contributed by atoms with E-state index in [1.165, 1.54) is 47.0 Å². The summed E-state index contributed by atoms with van der Waals surface area (Å²) in [6.45, 7) is 1.60. The van der Waals surface area contributed by atoms with Crippen LogP contribution < -0.4 is 4.80 Å². The van der Waals surface area contributed by atoms with E-state index in [1.54, 1.807) is 6.92 Å². The number of hydrogen-bond donors (Lipinski definition) is 0. The van der Waals surface area contributed by atoms with E-state index >= 15 is 0 Å². The van der Waals surface area contributed by atoms with Crippen molar-refractivity contribution in [1.29, 1.82) is 0 Å². The van der Waals surface area contributed by atoms with Crippen LogP contribution in [0.25, 0.3) is 10.2 Å². The third-order valence-electron chi connectivity index (χ3n) is 4.38. The molecule has 32 heavy (non-hydrogen) atoms. The number of carbonyl (C=O) groups excluding carboxylic acids is 2. The van der Waals surface area contributed by atoms with Gasteiger partial charge in [0.2, 0.25) is 0 Å². The number of amides is 1. The summed E-state index contributed by atoms with van der Waals surface area (Å²) < 4.78 is 54.3. The largest absolute Gasteiger partial charge is 0.465 e. The molecular weight excluding hydrogens is 476 g/mol. The van der Waals surface area contributed by atoms with Crippen LogP contribution in [0.15, 0.2) is 57.2 Å². The van der Waals surface area contributed by atoms with E-state index in [-0.39, 0.29) is 33.3 Å². The van der Waals surface area contributed by atoms with Gasteiger partial charge in [-0.2, -0.15) is 4.99 Å². The Morgan fingerprint density at radius 3 is 2.28 bits per heavy atom. The van der Waals surface area contributed by atoms with Crippen LogP contribution in [0, 0.1) is 0 Å². The molecule has 0 aliphatic heterocycles. The molecule has 3 rings (SSSR count). The molecule has 0 radical (unpaired) electrons. The van der Waals surface area contributed by atoms with Crippen LogP contribution in [0.3, 0.4) is 0 Å². The van der Waals surface area contributed by atoms with Gasteiger partial charge in [0, 0.05) is 18.1 Å². The first-order chi connectivity index (χ1) is 14.9. The number of esters is 1. The van der Waals surface area contributed by atoms with Crippen molar-refractivity contribution in [2.45, 2.75) is 23.3 Å². The lowest BCUT2D eigenvalue weighted by molar-refractivity contribution is -0.143. The zero-order valence-electron chi connectivity index (χ0n) is 17.4. The minimum absolute atomic E-state index is 0.0212. The lowest BCUT2D eigenvalue weighted by Gasteiger charge is -2.06. The molecule has 0 atom stereocenters. The molecule has 9 nitrogen and oxygen atoms in total. The van der Waals surface area contributed by atoms with Crippen molar-refractivity contribution in [2.75, 3.05) is 19.1 Å². The molecule has 0 saturated heterocycles. The molecular formula is C20H20N2O7S3. The highest BCUT2D eigenvalue weighted by molar-refractivity contribution is 7.91. The Morgan fingerprint density at radius 1 is 1.00 bits per heavy atom. The third kappa shape index (κ3) is 5.31. The highest BCUT2D eigenvalue weighted by atomic mass is 32.2. The second-order valence-corrected chi connectivity index (χ2v) is 11.9. The number of ether oxygens (including phenoxy) is 1. The highest BCUT2D eigenvalue weighted by Gasteiger charge is 2.16. The molecule has 12 heteroatoms. The van der Waals surface area contributed by atoms with Crippen LogP contribution in [-0.2, 0) is 35.8 Å². The fraction of sp³-hybridized carbons (Fsp3) is 0.250. The molecule has 0 spiro atoms. The quantitative estimate of drug-likeness (QED) is 0.476. The average Bonchev–Trinajstić information content (AvgIpc) is 3.03. The van der Waals surface area contributed by atoms with Crippen LogP contribution in [0.1, 0.15) is 17.3 Å². The van der Waals surface area contributed by atoms with Gasteiger partial charge >= 0.3 is 5.97 Å². The number of carbonyl (C=O) groups is 2. The van der Waals surface area contributed by atoms with Gasteiger partial charge in [-0.25, -0.2) is 16.8 Å². The van der Waals surface area contributed by atoms with Gasteiger partial charge in [0.05, 0.1) is 26.6 Å². The second-order valence-electron chi connectivity index (χ2n) is 6.89. The molecule has 2 aromatic carbocycles. The summed E-state index contributed by atoms with van der Waals surface area (Å²) in [4.78, 5) is 29.2. The van der Waals surface area contributed by atoms with Crippen LogP contribution in [-0.4, -0.2) is 52.4 Å². The molecule has 3 aromatic rings. The molecule has 0 saturated carbocycles. The van der Waals surface area contributed by atoms with Crippen LogP contribution >= 0.6 is 11.3 Å². The van der Waals surface area contributed by atoms with E-state index in [0.29, 0.717) is 10.2 Å². The highest BCUT2D eigenvalue weighted by Crippen LogP contribution is 2.22. The first-order valence-electron chi connectivity index (χ1n) is 9.28. The molecule has 0 aliphatic rings. The van der Waals surface area contributed by atoms with Crippen molar-refractivity contribution in [3.8, 4) is 0 Å². The van der Waals surface area contributed by atoms with Gasteiger partial charge in [-0.15, -0.1) is 0 Å². The molecule has 0 unspecified atom stereocenters. The van der Waals surface area contributed by atoms with Gasteiger partial charge in [0.1, 0.15) is 6.54 Å². The lowest BCUT2D eigenvalue weighted by Crippen LogP contribution is -2.23. The zero-order valence-corrected chi connectivity index (χ0v) is 19.9. The predicted octanol–water partition coefficient (Wildman–Crippen LogP) is 1.81. The van der Waals surface area contributed by atoms with Crippen molar-refractivity contribution >= 4 is 53.1 Å². The molecule has 1 aromatic heterocycles. The summed E-state index contributed by atoms with van der Waals surface area (Å²) in [5.41, 5.74) is 0.566. The van der Waals surface area contributed by atoms with E-state index in [1.807, 2.05) is 0 Å². The smallest absolute Gasteiger partial charge is 0.326 e. The lowest BCUT2D eigenvalue weighted by atomic mass is 10.2. The number of hydrogen-bond acceptors (Lipinski definition) is 8. The van der Waals surface area contributed by atoms with Crippen LogP contribution in [0.2, 0.25) is 0 Å². The number of aromatic nitrogens is 1. The van der Waals surface area contributed by atoms with Gasteiger partial charge in [-0.3, -0.25) is 9.59 Å². The number of fused-ring (bicyclic) bond motifs is 1. The van der Waals surface area contributed by atoms with E-state index in [2.05, 4.69) is 4.99 Å². The van der Waals surface area contributed by atoms with Crippen molar-refractivity contribution in [3.63, 3.8) is 0 Å². The predicted molar refractivity (Wildman–Crippen MR) is 119 cm³/mol. The Balaban J connectivity index is 2.18.